The van der Waals surface area contributed by atoms with Crippen molar-refractivity contribution in [1.29, 1.82) is 0 Å². The Hall–Kier alpha value is -2.66. The number of rotatable bonds is 5. The van der Waals surface area contributed by atoms with Crippen LogP contribution in [0.2, 0.25) is 0 Å². The van der Waals surface area contributed by atoms with E-state index >= 15 is 0 Å². The van der Waals surface area contributed by atoms with Crippen LogP contribution in [0.1, 0.15) is 5.56 Å². The summed E-state index contributed by atoms with van der Waals surface area (Å²) in [7, 11) is 0. The number of amides is 1. The molecule has 23 heavy (non-hydrogen) atoms. The van der Waals surface area contributed by atoms with Gasteiger partial charge in [-0.1, -0.05) is 36.4 Å². The second-order valence-electron chi connectivity index (χ2n) is 4.84. The molecule has 0 aliphatic heterocycles. The summed E-state index contributed by atoms with van der Waals surface area (Å²) >= 11 is 1.51. The maximum atomic E-state index is 11.9. The number of nitrogens with zero attached hydrogens (tertiary/aromatic N) is 2. The fourth-order valence-corrected chi connectivity index (χ4v) is 2.99. The molecular weight excluding hydrogens is 306 g/mol. The van der Waals surface area contributed by atoms with Gasteiger partial charge < -0.3 is 0 Å². The predicted octanol–water partition coefficient (Wildman–Crippen LogP) is 3.48. The lowest BCUT2D eigenvalue weighted by Crippen LogP contribution is -2.19. The molecule has 3 aromatic rings. The number of aromatic nitrogens is 1. The van der Waals surface area contributed by atoms with Crippen LogP contribution >= 0.6 is 11.8 Å². The van der Waals surface area contributed by atoms with Gasteiger partial charge in [0.1, 0.15) is 0 Å². The number of benzene rings is 2. The topological polar surface area (TPSA) is 54.4 Å². The van der Waals surface area contributed by atoms with Gasteiger partial charge in [-0.15, -0.1) is 11.8 Å². The van der Waals surface area contributed by atoms with E-state index in [0.29, 0.717) is 5.75 Å². The van der Waals surface area contributed by atoms with Crippen molar-refractivity contribution in [3.63, 3.8) is 0 Å². The van der Waals surface area contributed by atoms with Crippen LogP contribution in [-0.2, 0) is 4.79 Å². The summed E-state index contributed by atoms with van der Waals surface area (Å²) in [4.78, 5) is 16.9. The van der Waals surface area contributed by atoms with E-state index in [9.17, 15) is 4.79 Å². The Bertz CT molecular complexity index is 829. The van der Waals surface area contributed by atoms with Crippen molar-refractivity contribution in [1.82, 2.24) is 10.4 Å². The average Bonchev–Trinajstić information content (AvgIpc) is 2.61. The highest BCUT2D eigenvalue weighted by Gasteiger charge is 2.04. The minimum absolute atomic E-state index is 0.131. The lowest BCUT2D eigenvalue weighted by atomic mass is 10.1. The second-order valence-corrected chi connectivity index (χ2v) is 5.86. The zero-order valence-electron chi connectivity index (χ0n) is 12.3. The maximum absolute atomic E-state index is 11.9. The van der Waals surface area contributed by atoms with Crippen LogP contribution in [0.5, 0.6) is 0 Å². The molecule has 0 spiro atoms. The van der Waals surface area contributed by atoms with E-state index in [1.807, 2.05) is 36.4 Å². The highest BCUT2D eigenvalue weighted by molar-refractivity contribution is 8.00. The number of carbonyl (C=O) groups excluding carboxylic acids is 1. The number of nitrogens with one attached hydrogen (secondary N) is 1. The van der Waals surface area contributed by atoms with Gasteiger partial charge in [-0.05, 0) is 34.5 Å². The van der Waals surface area contributed by atoms with E-state index in [1.54, 1.807) is 18.6 Å². The largest absolute Gasteiger partial charge is 0.272 e. The van der Waals surface area contributed by atoms with Crippen LogP contribution < -0.4 is 5.43 Å². The number of hydrazone groups is 1. The van der Waals surface area contributed by atoms with E-state index in [4.69, 9.17) is 0 Å². The Morgan fingerprint density at radius 1 is 1.09 bits per heavy atom. The van der Waals surface area contributed by atoms with Crippen LogP contribution in [0.25, 0.3) is 10.8 Å². The quantitative estimate of drug-likeness (QED) is 0.445. The van der Waals surface area contributed by atoms with Crippen LogP contribution in [0.4, 0.5) is 0 Å². The van der Waals surface area contributed by atoms with Gasteiger partial charge in [-0.2, -0.15) is 5.10 Å². The van der Waals surface area contributed by atoms with Gasteiger partial charge in [0.15, 0.2) is 0 Å². The fraction of sp³-hybridized carbons (Fsp3) is 0.0556. The standard InChI is InChI=1S/C18H15N3OS/c22-18(21-20-12-14-8-10-19-11-9-14)13-23-17-7-3-5-15-4-1-2-6-16(15)17/h1-12H,13H2,(H,21,22)/b20-12-. The summed E-state index contributed by atoms with van der Waals surface area (Å²) in [6, 6.07) is 17.9. The Balaban J connectivity index is 1.57. The van der Waals surface area contributed by atoms with Crippen molar-refractivity contribution >= 4 is 34.7 Å². The molecule has 0 radical (unpaired) electrons. The minimum atomic E-state index is -0.131. The van der Waals surface area contributed by atoms with E-state index < -0.39 is 0 Å². The Morgan fingerprint density at radius 3 is 2.74 bits per heavy atom. The summed E-state index contributed by atoms with van der Waals surface area (Å²) in [5.41, 5.74) is 3.43. The number of hydrogen-bond donors (Lipinski definition) is 1. The Labute approximate surface area is 138 Å². The van der Waals surface area contributed by atoms with Crippen molar-refractivity contribution in [3.8, 4) is 0 Å². The second kappa shape index (κ2) is 7.56. The van der Waals surface area contributed by atoms with Crippen LogP contribution in [-0.4, -0.2) is 22.9 Å². The van der Waals surface area contributed by atoms with Gasteiger partial charge in [0.25, 0.3) is 0 Å². The summed E-state index contributed by atoms with van der Waals surface area (Å²) in [5.74, 6) is 0.190. The number of pyridine rings is 1. The van der Waals surface area contributed by atoms with E-state index in [-0.39, 0.29) is 5.91 Å². The third kappa shape index (κ3) is 4.17. The van der Waals surface area contributed by atoms with Crippen molar-refractivity contribution in [2.45, 2.75) is 4.90 Å². The average molecular weight is 321 g/mol. The molecule has 0 atom stereocenters. The number of carbonyl (C=O) groups is 1. The molecule has 0 fully saturated rings. The summed E-state index contributed by atoms with van der Waals surface area (Å²) in [5, 5.41) is 6.29. The lowest BCUT2D eigenvalue weighted by molar-refractivity contribution is -0.118. The number of fused-ring (bicyclic) bond motifs is 1. The molecule has 0 saturated carbocycles. The minimum Gasteiger partial charge on any atom is -0.272 e. The maximum Gasteiger partial charge on any atom is 0.250 e. The number of thioether (sulfide) groups is 1. The van der Waals surface area contributed by atoms with Crippen LogP contribution in [0.15, 0.2) is 77.0 Å². The smallest absolute Gasteiger partial charge is 0.250 e. The zero-order chi connectivity index (χ0) is 15.9. The first kappa shape index (κ1) is 15.2. The number of hydrogen-bond acceptors (Lipinski definition) is 4. The van der Waals surface area contributed by atoms with Gasteiger partial charge in [0, 0.05) is 17.3 Å². The van der Waals surface area contributed by atoms with E-state index in [2.05, 4.69) is 33.7 Å². The van der Waals surface area contributed by atoms with Crippen molar-refractivity contribution in [2.75, 3.05) is 5.75 Å². The molecule has 0 aliphatic carbocycles. The summed E-state index contributed by atoms with van der Waals surface area (Å²) < 4.78 is 0. The van der Waals surface area contributed by atoms with Gasteiger partial charge in [-0.25, -0.2) is 5.43 Å². The Kier molecular flexibility index (Phi) is 5.01. The zero-order valence-corrected chi connectivity index (χ0v) is 13.2. The molecule has 2 aromatic carbocycles. The molecule has 3 rings (SSSR count). The fourth-order valence-electron chi connectivity index (χ4n) is 2.13. The van der Waals surface area contributed by atoms with Crippen molar-refractivity contribution in [3.05, 3.63) is 72.6 Å². The summed E-state index contributed by atoms with van der Waals surface area (Å²) in [6.45, 7) is 0. The molecular formula is C18H15N3OS. The predicted molar refractivity (Wildman–Crippen MR) is 94.6 cm³/mol. The molecule has 0 bridgehead atoms. The molecule has 1 N–H and O–H groups in total. The molecule has 0 unspecified atom stereocenters. The van der Waals surface area contributed by atoms with Crippen molar-refractivity contribution < 1.29 is 4.79 Å². The molecule has 0 aliphatic rings. The van der Waals surface area contributed by atoms with E-state index in [1.165, 1.54) is 17.1 Å². The summed E-state index contributed by atoms with van der Waals surface area (Å²) in [6.07, 6.45) is 4.96. The highest BCUT2D eigenvalue weighted by Crippen LogP contribution is 2.27. The molecule has 5 heteroatoms. The van der Waals surface area contributed by atoms with Gasteiger partial charge in [0.05, 0.1) is 12.0 Å². The SMILES string of the molecule is O=C(CSc1cccc2ccccc12)N/N=C\c1ccncc1. The van der Waals surface area contributed by atoms with Gasteiger partial charge >= 0.3 is 0 Å². The first-order valence-electron chi connectivity index (χ1n) is 7.15. The lowest BCUT2D eigenvalue weighted by Gasteiger charge is -2.05. The van der Waals surface area contributed by atoms with Crippen LogP contribution in [0, 0.1) is 0 Å². The van der Waals surface area contributed by atoms with Gasteiger partial charge in [-0.3, -0.25) is 9.78 Å². The molecule has 1 amide bonds. The monoisotopic (exact) mass is 321 g/mol. The first-order valence-corrected chi connectivity index (χ1v) is 8.14. The van der Waals surface area contributed by atoms with E-state index in [0.717, 1.165) is 15.8 Å². The molecule has 4 nitrogen and oxygen atoms in total. The molecule has 1 heterocycles. The van der Waals surface area contributed by atoms with Gasteiger partial charge in [0.2, 0.25) is 5.91 Å². The third-order valence-corrected chi connectivity index (χ3v) is 4.29. The normalized spacial score (nSPS) is 11.0. The Morgan fingerprint density at radius 2 is 1.87 bits per heavy atom. The van der Waals surface area contributed by atoms with Crippen molar-refractivity contribution in [2.24, 2.45) is 5.10 Å². The third-order valence-electron chi connectivity index (χ3n) is 3.22. The van der Waals surface area contributed by atoms with Crippen LogP contribution in [0.3, 0.4) is 0 Å². The first-order chi connectivity index (χ1) is 11.3. The molecule has 114 valence electrons. The molecule has 1 aromatic heterocycles. The highest BCUT2D eigenvalue weighted by atomic mass is 32.2. The molecule has 0 saturated heterocycles.